The number of alkyl halides is 3. The molecule has 1 fully saturated rings. The van der Waals surface area contributed by atoms with Crippen LogP contribution in [0.4, 0.5) is 13.2 Å². The molecule has 0 N–H and O–H groups in total. The summed E-state index contributed by atoms with van der Waals surface area (Å²) in [5.74, 6) is -1.27. The van der Waals surface area contributed by atoms with Gasteiger partial charge in [-0.1, -0.05) is 0 Å². The van der Waals surface area contributed by atoms with Crippen LogP contribution in [0.15, 0.2) is 0 Å². The zero-order valence-electron chi connectivity index (χ0n) is 3.77. The molecule has 1 nitrogen and oxygen atoms in total. The van der Waals surface area contributed by atoms with Crippen molar-refractivity contribution in [2.24, 2.45) is 0 Å². The topological polar surface area (TPSA) is 17.1 Å². The number of ketones is 1. The second-order valence-corrected chi connectivity index (χ2v) is 1.65. The first-order chi connectivity index (χ1) is 3.64. The number of carbonyl (C=O) groups is 1. The minimum absolute atomic E-state index is 1.27. The molecular weight excluding hydrogens is 121 g/mol. The summed E-state index contributed by atoms with van der Waals surface area (Å²) in [6.07, 6.45) is -6.61. The lowest BCUT2D eigenvalue weighted by atomic mass is 9.91. The van der Waals surface area contributed by atoms with E-state index in [0.29, 0.717) is 0 Å². The van der Waals surface area contributed by atoms with Gasteiger partial charge in [-0.15, -0.1) is 0 Å². The Kier molecular flexibility index (Phi) is 1.03. The van der Waals surface area contributed by atoms with Crippen LogP contribution >= 0.6 is 0 Å². The monoisotopic (exact) mass is 124 g/mol. The van der Waals surface area contributed by atoms with Gasteiger partial charge in [0.1, 0.15) is 0 Å². The lowest BCUT2D eigenvalue weighted by Gasteiger charge is -2.25. The summed E-state index contributed by atoms with van der Waals surface area (Å²) in [6, 6.07) is 0. The van der Waals surface area contributed by atoms with E-state index in [1.807, 2.05) is 0 Å². The Morgan fingerprint density at radius 1 is 1.12 bits per heavy atom. The maximum absolute atomic E-state index is 11.6. The van der Waals surface area contributed by atoms with Gasteiger partial charge in [0, 0.05) is 0 Å². The summed E-state index contributed by atoms with van der Waals surface area (Å²) in [4.78, 5) is 9.78. The van der Waals surface area contributed by atoms with Crippen molar-refractivity contribution in [3.63, 3.8) is 0 Å². The fraction of sp³-hybridized carbons (Fsp3) is 0.750. The molecule has 8 heavy (non-hydrogen) atoms. The molecule has 0 spiro atoms. The van der Waals surface area contributed by atoms with Crippen molar-refractivity contribution in [2.75, 3.05) is 0 Å². The quantitative estimate of drug-likeness (QED) is 0.461. The molecule has 1 saturated carbocycles. The zero-order valence-corrected chi connectivity index (χ0v) is 3.77. The zero-order chi connectivity index (χ0) is 6.31. The number of Topliss-reactive ketones (excluding diaryl/α,β-unsaturated/α-hetero) is 1. The smallest absolute Gasteiger partial charge is 0.207 e. The molecule has 0 aromatic carbocycles. The lowest BCUT2D eigenvalue weighted by Crippen LogP contribution is -2.53. The standard InChI is InChI=1S/C4H3F3O/c5-1-2(6)4(8)3(1)7/h1-3H. The van der Waals surface area contributed by atoms with Crippen LogP contribution < -0.4 is 0 Å². The van der Waals surface area contributed by atoms with Gasteiger partial charge in [0.15, 0.2) is 18.5 Å². The first-order valence-electron chi connectivity index (χ1n) is 2.10. The van der Waals surface area contributed by atoms with Gasteiger partial charge in [0.05, 0.1) is 0 Å². The highest BCUT2D eigenvalue weighted by Gasteiger charge is 2.52. The highest BCUT2D eigenvalue weighted by atomic mass is 19.2. The third kappa shape index (κ3) is 0.454. The molecule has 0 radical (unpaired) electrons. The molecule has 4 heteroatoms. The third-order valence-corrected chi connectivity index (χ3v) is 1.10. The molecule has 2 atom stereocenters. The number of hydrogen-bond donors (Lipinski definition) is 0. The van der Waals surface area contributed by atoms with E-state index >= 15 is 0 Å². The van der Waals surface area contributed by atoms with Crippen molar-refractivity contribution in [2.45, 2.75) is 18.5 Å². The predicted molar refractivity (Wildman–Crippen MR) is 19.7 cm³/mol. The molecule has 0 bridgehead atoms. The van der Waals surface area contributed by atoms with Crippen LogP contribution in [-0.2, 0) is 4.79 Å². The summed E-state index contributed by atoms with van der Waals surface area (Å²) >= 11 is 0. The fourth-order valence-electron chi connectivity index (χ4n) is 0.496. The van der Waals surface area contributed by atoms with Gasteiger partial charge in [-0.3, -0.25) is 4.79 Å². The molecule has 46 valence electrons. The largest absolute Gasteiger partial charge is 0.293 e. The van der Waals surface area contributed by atoms with Gasteiger partial charge >= 0.3 is 0 Å². The molecule has 0 aromatic heterocycles. The minimum atomic E-state index is -2.21. The number of carbonyl (C=O) groups excluding carboxylic acids is 1. The summed E-state index contributed by atoms with van der Waals surface area (Å²) < 4.78 is 34.8. The van der Waals surface area contributed by atoms with E-state index in [1.54, 1.807) is 0 Å². The second-order valence-electron chi connectivity index (χ2n) is 1.65. The van der Waals surface area contributed by atoms with Gasteiger partial charge in [-0.2, -0.15) is 0 Å². The van der Waals surface area contributed by atoms with Crippen molar-refractivity contribution in [3.8, 4) is 0 Å². The number of rotatable bonds is 0. The molecule has 1 aliphatic carbocycles. The normalized spacial score (nSPS) is 46.4. The summed E-state index contributed by atoms with van der Waals surface area (Å²) in [5.41, 5.74) is 0. The average molecular weight is 124 g/mol. The van der Waals surface area contributed by atoms with Gasteiger partial charge in [-0.25, -0.2) is 13.2 Å². The summed E-state index contributed by atoms with van der Waals surface area (Å²) in [7, 11) is 0. The Morgan fingerprint density at radius 3 is 1.62 bits per heavy atom. The van der Waals surface area contributed by atoms with Crippen LogP contribution in [0.2, 0.25) is 0 Å². The summed E-state index contributed by atoms with van der Waals surface area (Å²) in [6.45, 7) is 0. The Balaban J connectivity index is 2.55. The van der Waals surface area contributed by atoms with E-state index in [1.165, 1.54) is 0 Å². The van der Waals surface area contributed by atoms with Crippen LogP contribution in [0, 0.1) is 0 Å². The molecule has 0 saturated heterocycles. The predicted octanol–water partition coefficient (Wildman–Crippen LogP) is 0.583. The average Bonchev–Trinajstić information content (AvgIpc) is 1.83. The molecule has 1 rings (SSSR count). The summed E-state index contributed by atoms with van der Waals surface area (Å²) in [5, 5.41) is 0. The first kappa shape index (κ1) is 5.59. The molecule has 2 unspecified atom stereocenters. The van der Waals surface area contributed by atoms with Crippen molar-refractivity contribution in [3.05, 3.63) is 0 Å². The minimum Gasteiger partial charge on any atom is -0.293 e. The van der Waals surface area contributed by atoms with Crippen LogP contribution in [0.25, 0.3) is 0 Å². The van der Waals surface area contributed by atoms with E-state index in [0.717, 1.165) is 0 Å². The molecule has 0 heterocycles. The van der Waals surface area contributed by atoms with E-state index in [-0.39, 0.29) is 0 Å². The SMILES string of the molecule is O=C1C(F)C(F)C1F. The van der Waals surface area contributed by atoms with Crippen LogP contribution in [0.5, 0.6) is 0 Å². The molecule has 0 aliphatic heterocycles. The van der Waals surface area contributed by atoms with E-state index in [4.69, 9.17) is 0 Å². The number of halogens is 3. The lowest BCUT2D eigenvalue weighted by molar-refractivity contribution is -0.148. The van der Waals surface area contributed by atoms with Crippen LogP contribution in [0.1, 0.15) is 0 Å². The molecule has 0 amide bonds. The fourth-order valence-corrected chi connectivity index (χ4v) is 0.496. The Labute approximate surface area is 43.5 Å². The maximum Gasteiger partial charge on any atom is 0.207 e. The third-order valence-electron chi connectivity index (χ3n) is 1.10. The Hall–Kier alpha value is -0.540. The van der Waals surface area contributed by atoms with Crippen molar-refractivity contribution in [1.82, 2.24) is 0 Å². The van der Waals surface area contributed by atoms with Crippen molar-refractivity contribution < 1.29 is 18.0 Å². The maximum atomic E-state index is 11.6. The van der Waals surface area contributed by atoms with E-state index < -0.39 is 24.3 Å². The van der Waals surface area contributed by atoms with Gasteiger partial charge in [0.2, 0.25) is 5.78 Å². The van der Waals surface area contributed by atoms with Gasteiger partial charge in [-0.05, 0) is 0 Å². The highest BCUT2D eigenvalue weighted by molar-refractivity contribution is 5.95. The van der Waals surface area contributed by atoms with Crippen LogP contribution in [-0.4, -0.2) is 24.3 Å². The van der Waals surface area contributed by atoms with Gasteiger partial charge in [0.25, 0.3) is 0 Å². The van der Waals surface area contributed by atoms with Crippen LogP contribution in [0.3, 0.4) is 0 Å². The van der Waals surface area contributed by atoms with Gasteiger partial charge < -0.3 is 0 Å². The Bertz CT molecular complexity index is 112. The highest BCUT2D eigenvalue weighted by Crippen LogP contribution is 2.25. The van der Waals surface area contributed by atoms with E-state index in [2.05, 4.69) is 0 Å². The molecule has 1 aliphatic rings. The molecular formula is C4H3F3O. The molecule has 0 aromatic rings. The first-order valence-corrected chi connectivity index (χ1v) is 2.10. The van der Waals surface area contributed by atoms with E-state index in [9.17, 15) is 18.0 Å². The van der Waals surface area contributed by atoms with Crippen molar-refractivity contribution >= 4 is 5.78 Å². The second kappa shape index (κ2) is 1.47. The van der Waals surface area contributed by atoms with Crippen molar-refractivity contribution in [1.29, 1.82) is 0 Å². The number of hydrogen-bond acceptors (Lipinski definition) is 1. The Morgan fingerprint density at radius 2 is 1.50 bits per heavy atom.